The van der Waals surface area contributed by atoms with Crippen LogP contribution in [-0.4, -0.2) is 37.2 Å². The SMILES string of the molecule is COCCCNC(=O)c1ccccc1NC(=S)NC(=O)c1ccc(C)c(Br)c1. The maximum absolute atomic E-state index is 12.4. The molecular formula is C20H22BrN3O3S. The van der Waals surface area contributed by atoms with Gasteiger partial charge in [-0.15, -0.1) is 0 Å². The molecule has 2 aromatic carbocycles. The highest BCUT2D eigenvalue weighted by Gasteiger charge is 2.13. The number of anilines is 1. The molecule has 0 aliphatic heterocycles. The van der Waals surface area contributed by atoms with E-state index in [1.165, 1.54) is 0 Å². The number of thiocarbonyl (C=S) groups is 1. The fourth-order valence-corrected chi connectivity index (χ4v) is 2.95. The van der Waals surface area contributed by atoms with Gasteiger partial charge in [-0.1, -0.05) is 34.1 Å². The molecule has 0 heterocycles. The van der Waals surface area contributed by atoms with Crippen molar-refractivity contribution in [3.8, 4) is 0 Å². The van der Waals surface area contributed by atoms with Gasteiger partial charge in [0.05, 0.1) is 11.3 Å². The first-order valence-electron chi connectivity index (χ1n) is 8.67. The highest BCUT2D eigenvalue weighted by molar-refractivity contribution is 9.10. The second-order valence-corrected chi connectivity index (χ2v) is 7.28. The Balaban J connectivity index is 2.00. The van der Waals surface area contributed by atoms with Gasteiger partial charge in [0, 0.05) is 30.3 Å². The Kier molecular flexibility index (Phi) is 8.56. The maximum atomic E-state index is 12.4. The van der Waals surface area contributed by atoms with Gasteiger partial charge < -0.3 is 15.4 Å². The number of carbonyl (C=O) groups is 2. The van der Waals surface area contributed by atoms with Gasteiger partial charge in [0.1, 0.15) is 0 Å². The molecule has 0 radical (unpaired) electrons. The molecule has 6 nitrogen and oxygen atoms in total. The first-order chi connectivity index (χ1) is 13.4. The van der Waals surface area contributed by atoms with Crippen LogP contribution in [0.25, 0.3) is 0 Å². The Bertz CT molecular complexity index is 874. The van der Waals surface area contributed by atoms with E-state index in [1.54, 1.807) is 43.5 Å². The number of hydrogen-bond acceptors (Lipinski definition) is 4. The molecule has 0 saturated heterocycles. The number of aryl methyl sites for hydroxylation is 1. The summed E-state index contributed by atoms with van der Waals surface area (Å²) in [5.74, 6) is -0.560. The Morgan fingerprint density at radius 3 is 2.61 bits per heavy atom. The second-order valence-electron chi connectivity index (χ2n) is 6.02. The topological polar surface area (TPSA) is 79.5 Å². The Hall–Kier alpha value is -2.29. The van der Waals surface area contributed by atoms with Crippen LogP contribution in [0.4, 0.5) is 5.69 Å². The van der Waals surface area contributed by atoms with Gasteiger partial charge in [0.25, 0.3) is 11.8 Å². The van der Waals surface area contributed by atoms with E-state index in [0.29, 0.717) is 30.0 Å². The van der Waals surface area contributed by atoms with Crippen molar-refractivity contribution in [3.63, 3.8) is 0 Å². The first kappa shape index (κ1) is 22.0. The van der Waals surface area contributed by atoms with Gasteiger partial charge in [0.15, 0.2) is 5.11 Å². The fourth-order valence-electron chi connectivity index (χ4n) is 2.37. The number of nitrogens with one attached hydrogen (secondary N) is 3. The lowest BCUT2D eigenvalue weighted by atomic mass is 10.1. The Morgan fingerprint density at radius 1 is 1.14 bits per heavy atom. The molecule has 28 heavy (non-hydrogen) atoms. The lowest BCUT2D eigenvalue weighted by molar-refractivity contribution is 0.0947. The monoisotopic (exact) mass is 463 g/mol. The zero-order valence-electron chi connectivity index (χ0n) is 15.7. The molecule has 0 aliphatic rings. The molecule has 0 aromatic heterocycles. The van der Waals surface area contributed by atoms with Crippen LogP contribution in [0.2, 0.25) is 0 Å². The molecule has 0 saturated carbocycles. The van der Waals surface area contributed by atoms with E-state index in [-0.39, 0.29) is 16.9 Å². The minimum absolute atomic E-state index is 0.112. The van der Waals surface area contributed by atoms with Gasteiger partial charge in [-0.25, -0.2) is 0 Å². The maximum Gasteiger partial charge on any atom is 0.257 e. The van der Waals surface area contributed by atoms with Crippen LogP contribution in [0.15, 0.2) is 46.9 Å². The van der Waals surface area contributed by atoms with E-state index in [1.807, 2.05) is 13.0 Å². The van der Waals surface area contributed by atoms with Crippen LogP contribution >= 0.6 is 28.1 Å². The summed E-state index contributed by atoms with van der Waals surface area (Å²) in [5, 5.41) is 8.49. The van der Waals surface area contributed by atoms with Crippen LogP contribution in [0.3, 0.4) is 0 Å². The number of halogens is 1. The summed E-state index contributed by atoms with van der Waals surface area (Å²) in [6, 6.07) is 12.3. The van der Waals surface area contributed by atoms with Crippen molar-refractivity contribution in [1.82, 2.24) is 10.6 Å². The zero-order chi connectivity index (χ0) is 20.5. The van der Waals surface area contributed by atoms with Crippen molar-refractivity contribution in [2.75, 3.05) is 25.6 Å². The number of ether oxygens (including phenoxy) is 1. The van der Waals surface area contributed by atoms with Gasteiger partial charge >= 0.3 is 0 Å². The number of carbonyl (C=O) groups excluding carboxylic acids is 2. The standard InChI is InChI=1S/C20H22BrN3O3S/c1-13-8-9-14(12-16(13)21)18(25)24-20(28)23-17-7-4-3-6-15(17)19(26)22-10-5-11-27-2/h3-4,6-9,12H,5,10-11H2,1-2H3,(H,22,26)(H2,23,24,25,28). The molecule has 0 spiro atoms. The molecule has 8 heteroatoms. The van der Waals surface area contributed by atoms with Gasteiger partial charge in [-0.05, 0) is 55.4 Å². The van der Waals surface area contributed by atoms with Crippen molar-refractivity contribution >= 4 is 50.8 Å². The zero-order valence-corrected chi connectivity index (χ0v) is 18.1. The summed E-state index contributed by atoms with van der Waals surface area (Å²) in [4.78, 5) is 24.8. The smallest absolute Gasteiger partial charge is 0.257 e. The van der Waals surface area contributed by atoms with Crippen LogP contribution < -0.4 is 16.0 Å². The average molecular weight is 464 g/mol. The Labute approximate surface area is 178 Å². The Morgan fingerprint density at radius 2 is 1.89 bits per heavy atom. The molecule has 2 aromatic rings. The number of methoxy groups -OCH3 is 1. The van der Waals surface area contributed by atoms with Gasteiger partial charge in [-0.3, -0.25) is 14.9 Å². The van der Waals surface area contributed by atoms with E-state index in [9.17, 15) is 9.59 Å². The van der Waals surface area contributed by atoms with E-state index in [4.69, 9.17) is 17.0 Å². The molecule has 148 valence electrons. The average Bonchev–Trinajstić information content (AvgIpc) is 2.67. The van der Waals surface area contributed by atoms with Crippen molar-refractivity contribution in [2.24, 2.45) is 0 Å². The number of hydrogen-bond donors (Lipinski definition) is 3. The molecule has 2 amide bonds. The summed E-state index contributed by atoms with van der Waals surface area (Å²) >= 11 is 8.65. The molecule has 3 N–H and O–H groups in total. The van der Waals surface area contributed by atoms with Crippen molar-refractivity contribution in [2.45, 2.75) is 13.3 Å². The largest absolute Gasteiger partial charge is 0.385 e. The van der Waals surface area contributed by atoms with Crippen LogP contribution in [0.1, 0.15) is 32.7 Å². The van der Waals surface area contributed by atoms with Crippen LogP contribution in [0.5, 0.6) is 0 Å². The predicted molar refractivity (Wildman–Crippen MR) is 118 cm³/mol. The van der Waals surface area contributed by atoms with Crippen molar-refractivity contribution in [3.05, 3.63) is 63.6 Å². The second kappa shape index (κ2) is 10.9. The minimum atomic E-state index is -0.334. The highest BCUT2D eigenvalue weighted by Crippen LogP contribution is 2.18. The lowest BCUT2D eigenvalue weighted by Gasteiger charge is -2.14. The normalized spacial score (nSPS) is 10.2. The number of amides is 2. The van der Waals surface area contributed by atoms with Gasteiger partial charge in [0.2, 0.25) is 0 Å². The van der Waals surface area contributed by atoms with E-state index < -0.39 is 0 Å². The summed E-state index contributed by atoms with van der Waals surface area (Å²) in [6.45, 7) is 3.02. The highest BCUT2D eigenvalue weighted by atomic mass is 79.9. The fraction of sp³-hybridized carbons (Fsp3) is 0.250. The summed E-state index contributed by atoms with van der Waals surface area (Å²) in [6.07, 6.45) is 0.721. The molecule has 0 unspecified atom stereocenters. The third kappa shape index (κ3) is 6.40. The van der Waals surface area contributed by atoms with Crippen LogP contribution in [0, 0.1) is 6.92 Å². The van der Waals surface area contributed by atoms with E-state index in [0.717, 1.165) is 16.5 Å². The third-order valence-corrected chi connectivity index (χ3v) is 4.95. The number of benzene rings is 2. The summed E-state index contributed by atoms with van der Waals surface area (Å²) < 4.78 is 5.81. The molecule has 0 fully saturated rings. The quantitative estimate of drug-likeness (QED) is 0.431. The van der Waals surface area contributed by atoms with Crippen molar-refractivity contribution < 1.29 is 14.3 Å². The summed E-state index contributed by atoms with van der Waals surface area (Å²) in [7, 11) is 1.62. The van der Waals surface area contributed by atoms with Crippen molar-refractivity contribution in [1.29, 1.82) is 0 Å². The van der Waals surface area contributed by atoms with E-state index >= 15 is 0 Å². The minimum Gasteiger partial charge on any atom is -0.385 e. The summed E-state index contributed by atoms with van der Waals surface area (Å²) in [5.41, 5.74) is 2.46. The third-order valence-electron chi connectivity index (χ3n) is 3.89. The lowest BCUT2D eigenvalue weighted by Crippen LogP contribution is -2.35. The van der Waals surface area contributed by atoms with Crippen LogP contribution in [-0.2, 0) is 4.74 Å². The molecule has 0 aliphatic carbocycles. The van der Waals surface area contributed by atoms with E-state index in [2.05, 4.69) is 31.9 Å². The number of rotatable bonds is 7. The van der Waals surface area contributed by atoms with Gasteiger partial charge in [-0.2, -0.15) is 0 Å². The molecule has 2 rings (SSSR count). The molecule has 0 atom stereocenters. The molecule has 0 bridgehead atoms. The first-order valence-corrected chi connectivity index (χ1v) is 9.87. The predicted octanol–water partition coefficient (Wildman–Crippen LogP) is 3.65. The molecular weight excluding hydrogens is 442 g/mol. The number of para-hydroxylation sites is 1.